The number of nitrogens with zero attached hydrogens (tertiary/aromatic N) is 4. The van der Waals surface area contributed by atoms with E-state index < -0.39 is 0 Å². The van der Waals surface area contributed by atoms with Gasteiger partial charge < -0.3 is 10.2 Å². The lowest BCUT2D eigenvalue weighted by atomic mass is 10.2. The van der Waals surface area contributed by atoms with Crippen molar-refractivity contribution in [1.29, 1.82) is 0 Å². The maximum Gasteiger partial charge on any atom is 0.137 e. The molecule has 1 fully saturated rings. The predicted molar refractivity (Wildman–Crippen MR) is 84.5 cm³/mol. The third kappa shape index (κ3) is 3.39. The van der Waals surface area contributed by atoms with Crippen LogP contribution in [0.15, 0.2) is 6.33 Å². The third-order valence-corrected chi connectivity index (χ3v) is 3.94. The number of nitrogens with one attached hydrogen (secondary N) is 1. The summed E-state index contributed by atoms with van der Waals surface area (Å²) in [5, 5.41) is 3.38. The number of hydrogen-bond acceptors (Lipinski definition) is 5. The van der Waals surface area contributed by atoms with Gasteiger partial charge in [0, 0.05) is 44.3 Å². The Morgan fingerprint density at radius 2 is 1.90 bits per heavy atom. The van der Waals surface area contributed by atoms with Gasteiger partial charge in [-0.2, -0.15) is 0 Å². The second kappa shape index (κ2) is 6.88. The zero-order valence-electron chi connectivity index (χ0n) is 13.2. The van der Waals surface area contributed by atoms with Crippen LogP contribution in [0.25, 0.3) is 0 Å². The summed E-state index contributed by atoms with van der Waals surface area (Å²) in [6.45, 7) is 14.1. The summed E-state index contributed by atoms with van der Waals surface area (Å²) in [4.78, 5) is 13.8. The number of aromatic nitrogens is 2. The first kappa shape index (κ1) is 15.0. The Labute approximate surface area is 122 Å². The van der Waals surface area contributed by atoms with E-state index in [1.165, 1.54) is 5.56 Å². The molecular weight excluding hydrogens is 250 g/mol. The Morgan fingerprint density at radius 1 is 1.20 bits per heavy atom. The molecule has 0 aliphatic carbocycles. The molecule has 0 saturated carbocycles. The maximum atomic E-state index is 4.50. The summed E-state index contributed by atoms with van der Waals surface area (Å²) in [5.41, 5.74) is 1.17. The van der Waals surface area contributed by atoms with Gasteiger partial charge in [0.2, 0.25) is 0 Å². The molecule has 0 radical (unpaired) electrons. The van der Waals surface area contributed by atoms with Crippen LogP contribution in [0.1, 0.15) is 32.8 Å². The summed E-state index contributed by atoms with van der Waals surface area (Å²) in [7, 11) is 0. The molecule has 1 aliphatic heterocycles. The molecule has 1 N–H and O–H groups in total. The molecule has 1 aliphatic rings. The van der Waals surface area contributed by atoms with Gasteiger partial charge in [-0.1, -0.05) is 6.92 Å². The fraction of sp³-hybridized carbons (Fsp3) is 0.733. The Bertz CT molecular complexity index is 424. The maximum absolute atomic E-state index is 4.50. The molecule has 20 heavy (non-hydrogen) atoms. The lowest BCUT2D eigenvalue weighted by Crippen LogP contribution is -2.49. The van der Waals surface area contributed by atoms with Crippen LogP contribution in [-0.4, -0.2) is 53.6 Å². The van der Waals surface area contributed by atoms with Gasteiger partial charge in [-0.15, -0.1) is 0 Å². The van der Waals surface area contributed by atoms with E-state index in [4.69, 9.17) is 0 Å². The van der Waals surface area contributed by atoms with E-state index in [2.05, 4.69) is 52.8 Å². The molecule has 0 bridgehead atoms. The van der Waals surface area contributed by atoms with Crippen molar-refractivity contribution in [3.8, 4) is 0 Å². The van der Waals surface area contributed by atoms with Gasteiger partial charge in [0.25, 0.3) is 0 Å². The molecule has 2 heterocycles. The van der Waals surface area contributed by atoms with Crippen molar-refractivity contribution in [2.24, 2.45) is 0 Å². The molecule has 2 rings (SSSR count). The zero-order valence-corrected chi connectivity index (χ0v) is 13.2. The summed E-state index contributed by atoms with van der Waals surface area (Å²) in [6.07, 6.45) is 2.78. The van der Waals surface area contributed by atoms with E-state index in [1.54, 1.807) is 6.33 Å². The van der Waals surface area contributed by atoms with Crippen LogP contribution in [0.5, 0.6) is 0 Å². The lowest BCUT2D eigenvalue weighted by Gasteiger charge is -2.38. The number of hydrogen-bond donors (Lipinski definition) is 1. The Morgan fingerprint density at radius 3 is 2.50 bits per heavy atom. The summed E-state index contributed by atoms with van der Waals surface area (Å²) in [5.74, 6) is 2.06. The SMILES string of the molecule is CCCNc1ncnc(N2CCN(C(C)C)CC2)c1C. The average molecular weight is 277 g/mol. The quantitative estimate of drug-likeness (QED) is 0.893. The van der Waals surface area contributed by atoms with Crippen LogP contribution in [0.4, 0.5) is 11.6 Å². The van der Waals surface area contributed by atoms with Crippen LogP contribution < -0.4 is 10.2 Å². The highest BCUT2D eigenvalue weighted by Gasteiger charge is 2.21. The fourth-order valence-corrected chi connectivity index (χ4v) is 2.63. The third-order valence-electron chi connectivity index (χ3n) is 3.94. The topological polar surface area (TPSA) is 44.3 Å². The van der Waals surface area contributed by atoms with Crippen molar-refractivity contribution in [2.45, 2.75) is 40.2 Å². The second-order valence-electron chi connectivity index (χ2n) is 5.71. The van der Waals surface area contributed by atoms with Crippen molar-refractivity contribution in [2.75, 3.05) is 42.9 Å². The number of anilines is 2. The Kier molecular flexibility index (Phi) is 5.17. The standard InChI is InChI=1S/C15H27N5/c1-5-6-16-14-13(4)15(18-11-17-14)20-9-7-19(8-10-20)12(2)3/h11-12H,5-10H2,1-4H3,(H,16,17,18). The van der Waals surface area contributed by atoms with Crippen molar-refractivity contribution >= 4 is 11.6 Å². The molecule has 0 atom stereocenters. The summed E-state index contributed by atoms with van der Waals surface area (Å²) < 4.78 is 0. The first-order valence-electron chi connectivity index (χ1n) is 7.68. The van der Waals surface area contributed by atoms with Gasteiger partial charge in [-0.25, -0.2) is 9.97 Å². The predicted octanol–water partition coefficient (Wildman–Crippen LogP) is 2.14. The smallest absolute Gasteiger partial charge is 0.137 e. The van der Waals surface area contributed by atoms with E-state index in [-0.39, 0.29) is 0 Å². The zero-order chi connectivity index (χ0) is 14.5. The van der Waals surface area contributed by atoms with Gasteiger partial charge in [-0.05, 0) is 27.2 Å². The minimum atomic E-state index is 0.630. The highest BCUT2D eigenvalue weighted by atomic mass is 15.3. The van der Waals surface area contributed by atoms with E-state index >= 15 is 0 Å². The van der Waals surface area contributed by atoms with Gasteiger partial charge in [0.05, 0.1) is 0 Å². The van der Waals surface area contributed by atoms with Gasteiger partial charge in [-0.3, -0.25) is 4.90 Å². The van der Waals surface area contributed by atoms with Crippen molar-refractivity contribution in [3.05, 3.63) is 11.9 Å². The van der Waals surface area contributed by atoms with Crippen molar-refractivity contribution in [3.63, 3.8) is 0 Å². The van der Waals surface area contributed by atoms with Gasteiger partial charge >= 0.3 is 0 Å². The van der Waals surface area contributed by atoms with Crippen LogP contribution in [0.2, 0.25) is 0 Å². The fourth-order valence-electron chi connectivity index (χ4n) is 2.63. The van der Waals surface area contributed by atoms with Gasteiger partial charge in [0.1, 0.15) is 18.0 Å². The first-order valence-corrected chi connectivity index (χ1v) is 7.68. The summed E-state index contributed by atoms with van der Waals surface area (Å²) >= 11 is 0. The molecule has 5 heteroatoms. The minimum absolute atomic E-state index is 0.630. The lowest BCUT2D eigenvalue weighted by molar-refractivity contribution is 0.209. The molecule has 0 amide bonds. The summed E-state index contributed by atoms with van der Waals surface area (Å²) in [6, 6.07) is 0.630. The average Bonchev–Trinajstić information content (AvgIpc) is 2.46. The number of piperazine rings is 1. The Balaban J connectivity index is 2.06. The van der Waals surface area contributed by atoms with E-state index in [1.807, 2.05) is 0 Å². The highest BCUT2D eigenvalue weighted by Crippen LogP contribution is 2.23. The molecule has 1 aromatic rings. The van der Waals surface area contributed by atoms with Crippen LogP contribution in [-0.2, 0) is 0 Å². The molecular formula is C15H27N5. The first-order chi connectivity index (χ1) is 9.63. The van der Waals surface area contributed by atoms with Crippen LogP contribution in [0.3, 0.4) is 0 Å². The van der Waals surface area contributed by atoms with E-state index in [0.717, 1.165) is 50.8 Å². The van der Waals surface area contributed by atoms with E-state index in [0.29, 0.717) is 6.04 Å². The minimum Gasteiger partial charge on any atom is -0.370 e. The molecule has 1 saturated heterocycles. The van der Waals surface area contributed by atoms with Crippen molar-refractivity contribution in [1.82, 2.24) is 14.9 Å². The second-order valence-corrected chi connectivity index (χ2v) is 5.71. The largest absolute Gasteiger partial charge is 0.370 e. The molecule has 0 spiro atoms. The van der Waals surface area contributed by atoms with Gasteiger partial charge in [0.15, 0.2) is 0 Å². The van der Waals surface area contributed by atoms with Crippen LogP contribution in [0, 0.1) is 6.92 Å². The molecule has 0 unspecified atom stereocenters. The van der Waals surface area contributed by atoms with E-state index in [9.17, 15) is 0 Å². The van der Waals surface area contributed by atoms with Crippen molar-refractivity contribution < 1.29 is 0 Å². The Hall–Kier alpha value is -1.36. The highest BCUT2D eigenvalue weighted by molar-refractivity contribution is 5.58. The normalized spacial score (nSPS) is 16.8. The molecule has 112 valence electrons. The molecule has 5 nitrogen and oxygen atoms in total. The monoisotopic (exact) mass is 277 g/mol. The molecule has 0 aromatic carbocycles. The number of rotatable bonds is 5. The molecule has 1 aromatic heterocycles. The van der Waals surface area contributed by atoms with Crippen LogP contribution >= 0.6 is 0 Å².